The minimum atomic E-state index is 0.165. The van der Waals surface area contributed by atoms with E-state index in [4.69, 9.17) is 0 Å². The quantitative estimate of drug-likeness (QED) is 0.774. The number of hydrogen-bond donors (Lipinski definition) is 2. The Labute approximate surface area is 103 Å². The largest absolute Gasteiger partial charge is 0.355 e. The summed E-state index contributed by atoms with van der Waals surface area (Å²) in [6, 6.07) is 0.621. The molecular weight excluding hydrogens is 220 g/mol. The minimum absolute atomic E-state index is 0.165. The normalized spacial score (nSPS) is 21.1. The third kappa shape index (κ3) is 6.38. The fourth-order valence-electron chi connectivity index (χ4n) is 1.72. The summed E-state index contributed by atoms with van der Waals surface area (Å²) in [6.07, 6.45) is 3.59. The number of thioether (sulfide) groups is 1. The van der Waals surface area contributed by atoms with Crippen LogP contribution in [-0.2, 0) is 4.79 Å². The van der Waals surface area contributed by atoms with Gasteiger partial charge in [-0.3, -0.25) is 4.79 Å². The molecule has 2 N–H and O–H groups in total. The van der Waals surface area contributed by atoms with Crippen molar-refractivity contribution in [2.24, 2.45) is 0 Å². The molecular formula is C12H24N2OS. The summed E-state index contributed by atoms with van der Waals surface area (Å²) in [4.78, 5) is 11.5. The molecule has 1 rings (SSSR count). The fourth-order valence-corrected chi connectivity index (χ4v) is 2.39. The maximum Gasteiger partial charge on any atom is 0.230 e. The van der Waals surface area contributed by atoms with Crippen LogP contribution in [0.3, 0.4) is 0 Å². The summed E-state index contributed by atoms with van der Waals surface area (Å²) in [6.45, 7) is 8.34. The van der Waals surface area contributed by atoms with Gasteiger partial charge in [0.15, 0.2) is 0 Å². The molecule has 1 aliphatic rings. The van der Waals surface area contributed by atoms with E-state index in [1.807, 2.05) is 0 Å². The van der Waals surface area contributed by atoms with Gasteiger partial charge in [0.1, 0.15) is 0 Å². The third-order valence-corrected chi connectivity index (χ3v) is 3.89. The van der Waals surface area contributed by atoms with Crippen LogP contribution in [0.4, 0.5) is 0 Å². The van der Waals surface area contributed by atoms with Crippen LogP contribution in [-0.4, -0.2) is 35.5 Å². The van der Waals surface area contributed by atoms with Gasteiger partial charge >= 0.3 is 0 Å². The summed E-state index contributed by atoms with van der Waals surface area (Å²) in [5, 5.41) is 6.41. The van der Waals surface area contributed by atoms with Gasteiger partial charge in [0.2, 0.25) is 5.91 Å². The number of carbonyl (C=O) groups excluding carboxylic acids is 1. The highest BCUT2D eigenvalue weighted by Gasteiger charge is 2.15. The Morgan fingerprint density at radius 2 is 2.25 bits per heavy atom. The van der Waals surface area contributed by atoms with Crippen LogP contribution in [0.2, 0.25) is 0 Å². The highest BCUT2D eigenvalue weighted by molar-refractivity contribution is 8.01. The predicted octanol–water partition coefficient (Wildman–Crippen LogP) is 1.78. The molecule has 0 aliphatic carbocycles. The van der Waals surface area contributed by atoms with Crippen molar-refractivity contribution in [3.05, 3.63) is 0 Å². The highest BCUT2D eigenvalue weighted by Crippen LogP contribution is 2.22. The van der Waals surface area contributed by atoms with Gasteiger partial charge < -0.3 is 10.6 Å². The van der Waals surface area contributed by atoms with Crippen molar-refractivity contribution in [2.75, 3.05) is 18.8 Å². The number of rotatable bonds is 5. The Bertz CT molecular complexity index is 220. The van der Waals surface area contributed by atoms with E-state index < -0.39 is 0 Å². The molecule has 1 heterocycles. The van der Waals surface area contributed by atoms with E-state index in [1.54, 1.807) is 11.8 Å². The molecule has 1 saturated heterocycles. The average Bonchev–Trinajstić information content (AvgIpc) is 2.66. The molecule has 1 atom stereocenters. The average molecular weight is 244 g/mol. The predicted molar refractivity (Wildman–Crippen MR) is 70.9 cm³/mol. The zero-order valence-electron chi connectivity index (χ0n) is 10.6. The topological polar surface area (TPSA) is 41.1 Å². The Morgan fingerprint density at radius 3 is 2.81 bits per heavy atom. The Hall–Kier alpha value is -0.220. The molecule has 1 aliphatic heterocycles. The number of amides is 1. The smallest absolute Gasteiger partial charge is 0.230 e. The van der Waals surface area contributed by atoms with Crippen LogP contribution in [0.5, 0.6) is 0 Å². The molecule has 94 valence electrons. The summed E-state index contributed by atoms with van der Waals surface area (Å²) in [7, 11) is 0. The lowest BCUT2D eigenvalue weighted by Gasteiger charge is -2.17. The van der Waals surface area contributed by atoms with E-state index in [9.17, 15) is 4.79 Å². The molecule has 0 spiro atoms. The second-order valence-corrected chi connectivity index (χ2v) is 7.14. The lowest BCUT2D eigenvalue weighted by atomic mass is 10.1. The van der Waals surface area contributed by atoms with Crippen molar-refractivity contribution >= 4 is 17.7 Å². The molecule has 0 radical (unpaired) electrons. The van der Waals surface area contributed by atoms with Crippen LogP contribution in [0.15, 0.2) is 0 Å². The molecule has 0 saturated carbocycles. The molecule has 0 aromatic heterocycles. The first kappa shape index (κ1) is 13.8. The maximum atomic E-state index is 11.5. The third-order valence-electron chi connectivity index (χ3n) is 2.61. The summed E-state index contributed by atoms with van der Waals surface area (Å²) < 4.78 is 0.171. The Kier molecular flexibility index (Phi) is 5.62. The molecule has 0 bridgehead atoms. The van der Waals surface area contributed by atoms with Crippen molar-refractivity contribution in [3.63, 3.8) is 0 Å². The van der Waals surface area contributed by atoms with Crippen molar-refractivity contribution in [1.82, 2.24) is 10.6 Å². The number of carbonyl (C=O) groups is 1. The van der Waals surface area contributed by atoms with Crippen molar-refractivity contribution in [2.45, 2.75) is 50.8 Å². The van der Waals surface area contributed by atoms with Crippen LogP contribution >= 0.6 is 11.8 Å². The van der Waals surface area contributed by atoms with E-state index >= 15 is 0 Å². The van der Waals surface area contributed by atoms with Crippen LogP contribution in [0.1, 0.15) is 40.0 Å². The van der Waals surface area contributed by atoms with Crippen molar-refractivity contribution in [3.8, 4) is 0 Å². The van der Waals surface area contributed by atoms with Gasteiger partial charge in [-0.1, -0.05) is 20.8 Å². The van der Waals surface area contributed by atoms with Gasteiger partial charge in [-0.25, -0.2) is 0 Å². The van der Waals surface area contributed by atoms with Gasteiger partial charge in [-0.15, -0.1) is 11.8 Å². The summed E-state index contributed by atoms with van der Waals surface area (Å²) >= 11 is 1.70. The van der Waals surface area contributed by atoms with Crippen molar-refractivity contribution < 1.29 is 4.79 Å². The summed E-state index contributed by atoms with van der Waals surface area (Å²) in [5.74, 6) is 0.736. The first-order chi connectivity index (χ1) is 7.47. The molecule has 3 nitrogen and oxygen atoms in total. The van der Waals surface area contributed by atoms with E-state index in [-0.39, 0.29) is 10.7 Å². The second-order valence-electron chi connectivity index (χ2n) is 5.33. The summed E-state index contributed by atoms with van der Waals surface area (Å²) in [5.41, 5.74) is 0. The fraction of sp³-hybridized carbons (Fsp3) is 0.917. The van der Waals surface area contributed by atoms with E-state index in [0.717, 1.165) is 19.5 Å². The van der Waals surface area contributed by atoms with Crippen molar-refractivity contribution in [1.29, 1.82) is 0 Å². The first-order valence-corrected chi connectivity index (χ1v) is 7.10. The van der Waals surface area contributed by atoms with Gasteiger partial charge in [0, 0.05) is 17.3 Å². The highest BCUT2D eigenvalue weighted by atomic mass is 32.2. The molecule has 0 unspecified atom stereocenters. The Balaban J connectivity index is 2.01. The van der Waals surface area contributed by atoms with E-state index in [2.05, 4.69) is 31.4 Å². The number of hydrogen-bond acceptors (Lipinski definition) is 3. The maximum absolute atomic E-state index is 11.5. The van der Waals surface area contributed by atoms with Gasteiger partial charge in [0.05, 0.1) is 5.75 Å². The van der Waals surface area contributed by atoms with Crippen LogP contribution in [0, 0.1) is 0 Å². The zero-order valence-corrected chi connectivity index (χ0v) is 11.5. The molecule has 0 aromatic carbocycles. The first-order valence-electron chi connectivity index (χ1n) is 6.11. The van der Waals surface area contributed by atoms with Crippen LogP contribution in [0.25, 0.3) is 0 Å². The molecule has 1 fully saturated rings. The standard InChI is InChI=1S/C12H24N2OS/c1-12(2,3)16-9-11(15)14-8-6-10-5-4-7-13-10/h10,13H,4-9H2,1-3H3,(H,14,15)/t10-/m0/s1. The second kappa shape index (κ2) is 6.50. The number of nitrogens with one attached hydrogen (secondary N) is 2. The minimum Gasteiger partial charge on any atom is -0.355 e. The molecule has 0 aromatic rings. The van der Waals surface area contributed by atoms with Crippen LogP contribution < -0.4 is 10.6 Å². The van der Waals surface area contributed by atoms with E-state index in [1.165, 1.54) is 12.8 Å². The molecule has 4 heteroatoms. The monoisotopic (exact) mass is 244 g/mol. The van der Waals surface area contributed by atoms with Gasteiger partial charge in [-0.05, 0) is 25.8 Å². The zero-order chi connectivity index (χ0) is 12.0. The lowest BCUT2D eigenvalue weighted by Crippen LogP contribution is -2.32. The molecule has 16 heavy (non-hydrogen) atoms. The van der Waals surface area contributed by atoms with Gasteiger partial charge in [-0.2, -0.15) is 0 Å². The molecule has 1 amide bonds. The van der Waals surface area contributed by atoms with Gasteiger partial charge in [0.25, 0.3) is 0 Å². The SMILES string of the molecule is CC(C)(C)SCC(=O)NCC[C@@H]1CCCN1. The Morgan fingerprint density at radius 1 is 1.50 bits per heavy atom. The van der Waals surface area contributed by atoms with E-state index in [0.29, 0.717) is 11.8 Å². The lowest BCUT2D eigenvalue weighted by molar-refractivity contribution is -0.118.